The molecule has 7 nitrogen and oxygen atoms in total. The first-order chi connectivity index (χ1) is 8.65. The number of hydrogen-bond donors (Lipinski definition) is 1. The fourth-order valence-corrected chi connectivity index (χ4v) is 1.46. The molecule has 2 aromatic rings. The van der Waals surface area contributed by atoms with Crippen molar-refractivity contribution in [1.29, 1.82) is 0 Å². The molecule has 0 saturated heterocycles. The van der Waals surface area contributed by atoms with E-state index >= 15 is 0 Å². The second kappa shape index (κ2) is 5.44. The molecule has 0 saturated carbocycles. The number of nitrogens with zero attached hydrogens (tertiary/aromatic N) is 6. The normalized spacial score (nSPS) is 10.4. The smallest absolute Gasteiger partial charge is 0.226 e. The molecule has 0 fully saturated rings. The monoisotopic (exact) mass is 247 g/mol. The van der Waals surface area contributed by atoms with Gasteiger partial charge in [-0.25, -0.2) is 9.97 Å². The second-order valence-electron chi connectivity index (χ2n) is 4.15. The van der Waals surface area contributed by atoms with E-state index in [1.165, 1.54) is 0 Å². The number of hydrogen-bond acceptors (Lipinski definition) is 6. The summed E-state index contributed by atoms with van der Waals surface area (Å²) in [5.74, 6) is 2.33. The lowest BCUT2D eigenvalue weighted by Gasteiger charge is -2.11. The molecule has 0 bridgehead atoms. The van der Waals surface area contributed by atoms with Gasteiger partial charge in [0.15, 0.2) is 5.82 Å². The first kappa shape index (κ1) is 12.3. The van der Waals surface area contributed by atoms with Crippen LogP contribution in [0.2, 0.25) is 0 Å². The lowest BCUT2D eigenvalue weighted by molar-refractivity contribution is 0.741. The van der Waals surface area contributed by atoms with Crippen molar-refractivity contribution in [2.75, 3.05) is 30.9 Å². The Balaban J connectivity index is 1.88. The van der Waals surface area contributed by atoms with Gasteiger partial charge in [0.2, 0.25) is 5.95 Å². The molecule has 2 aromatic heterocycles. The van der Waals surface area contributed by atoms with Gasteiger partial charge in [-0.1, -0.05) is 0 Å². The summed E-state index contributed by atoms with van der Waals surface area (Å²) < 4.78 is 1.70. The van der Waals surface area contributed by atoms with Gasteiger partial charge >= 0.3 is 0 Å². The van der Waals surface area contributed by atoms with Gasteiger partial charge in [-0.15, -0.1) is 0 Å². The standard InChI is InChI=1S/C11H17N7/c1-17(2)11-13-7-4-9(15-11)12-6-5-10-14-8-18(3)16-10/h4,7-8H,5-6H2,1-3H3,(H,12,13,15). The van der Waals surface area contributed by atoms with Gasteiger partial charge in [-0.3, -0.25) is 4.68 Å². The summed E-state index contributed by atoms with van der Waals surface area (Å²) in [5, 5.41) is 7.44. The predicted octanol–water partition coefficient (Wildman–Crippen LogP) is 0.326. The zero-order chi connectivity index (χ0) is 13.0. The molecule has 7 heteroatoms. The van der Waals surface area contributed by atoms with Gasteiger partial charge in [-0.05, 0) is 6.07 Å². The molecule has 0 aliphatic heterocycles. The third kappa shape index (κ3) is 3.16. The minimum Gasteiger partial charge on any atom is -0.369 e. The van der Waals surface area contributed by atoms with Gasteiger partial charge in [-0.2, -0.15) is 10.1 Å². The highest BCUT2D eigenvalue weighted by Crippen LogP contribution is 2.07. The van der Waals surface area contributed by atoms with Crippen LogP contribution in [0.25, 0.3) is 0 Å². The Morgan fingerprint density at radius 2 is 2.17 bits per heavy atom. The summed E-state index contributed by atoms with van der Waals surface area (Å²) in [6, 6.07) is 1.85. The molecular weight excluding hydrogens is 230 g/mol. The van der Waals surface area contributed by atoms with Gasteiger partial charge in [0.05, 0.1) is 0 Å². The van der Waals surface area contributed by atoms with Crippen molar-refractivity contribution in [3.05, 3.63) is 24.4 Å². The van der Waals surface area contributed by atoms with Gasteiger partial charge in [0.1, 0.15) is 12.1 Å². The summed E-state index contributed by atoms with van der Waals surface area (Å²) in [6.45, 7) is 0.744. The summed E-state index contributed by atoms with van der Waals surface area (Å²) in [6.07, 6.45) is 4.20. The number of anilines is 2. The van der Waals surface area contributed by atoms with Crippen molar-refractivity contribution >= 4 is 11.8 Å². The molecule has 2 rings (SSSR count). The van der Waals surface area contributed by atoms with E-state index in [9.17, 15) is 0 Å². The number of aryl methyl sites for hydroxylation is 1. The van der Waals surface area contributed by atoms with Crippen LogP contribution in [0.5, 0.6) is 0 Å². The Morgan fingerprint density at radius 3 is 2.83 bits per heavy atom. The number of aromatic nitrogens is 5. The van der Waals surface area contributed by atoms with E-state index in [1.807, 2.05) is 32.1 Å². The van der Waals surface area contributed by atoms with Crippen molar-refractivity contribution in [2.45, 2.75) is 6.42 Å². The molecule has 0 radical (unpaired) electrons. The Hall–Kier alpha value is -2.18. The molecule has 0 atom stereocenters. The molecule has 0 spiro atoms. The highest BCUT2D eigenvalue weighted by molar-refractivity contribution is 5.40. The van der Waals surface area contributed by atoms with Crippen LogP contribution in [-0.2, 0) is 13.5 Å². The summed E-state index contributed by atoms with van der Waals surface area (Å²) in [4.78, 5) is 14.6. The third-order valence-corrected chi connectivity index (χ3v) is 2.34. The molecule has 0 aromatic carbocycles. The first-order valence-electron chi connectivity index (χ1n) is 5.74. The summed E-state index contributed by atoms with van der Waals surface area (Å²) >= 11 is 0. The maximum Gasteiger partial charge on any atom is 0.226 e. The Bertz CT molecular complexity index is 506. The lowest BCUT2D eigenvalue weighted by Crippen LogP contribution is -2.14. The van der Waals surface area contributed by atoms with Crippen molar-refractivity contribution < 1.29 is 0 Å². The molecular formula is C11H17N7. The van der Waals surface area contributed by atoms with Crippen LogP contribution in [0, 0.1) is 0 Å². The molecule has 0 amide bonds. The van der Waals surface area contributed by atoms with E-state index in [4.69, 9.17) is 0 Å². The average Bonchev–Trinajstić information content (AvgIpc) is 2.75. The molecule has 1 N–H and O–H groups in total. The van der Waals surface area contributed by atoms with Crippen LogP contribution in [0.15, 0.2) is 18.6 Å². The van der Waals surface area contributed by atoms with Crippen LogP contribution >= 0.6 is 0 Å². The summed E-state index contributed by atoms with van der Waals surface area (Å²) in [5.41, 5.74) is 0. The number of nitrogens with one attached hydrogen (secondary N) is 1. The quantitative estimate of drug-likeness (QED) is 0.820. The third-order valence-electron chi connectivity index (χ3n) is 2.34. The van der Waals surface area contributed by atoms with Gasteiger partial charge in [0, 0.05) is 40.3 Å². The SMILES string of the molecule is CN(C)c1nccc(NCCc2ncn(C)n2)n1. The average molecular weight is 247 g/mol. The zero-order valence-electron chi connectivity index (χ0n) is 10.8. The van der Waals surface area contributed by atoms with Crippen molar-refractivity contribution in [2.24, 2.45) is 7.05 Å². The maximum atomic E-state index is 4.37. The largest absolute Gasteiger partial charge is 0.369 e. The lowest BCUT2D eigenvalue weighted by atomic mass is 10.4. The Labute approximate surface area is 106 Å². The van der Waals surface area contributed by atoms with E-state index in [2.05, 4.69) is 25.4 Å². The maximum absolute atomic E-state index is 4.37. The minimum atomic E-state index is 0.691. The Kier molecular flexibility index (Phi) is 3.71. The topological polar surface area (TPSA) is 71.8 Å². The molecule has 18 heavy (non-hydrogen) atoms. The van der Waals surface area contributed by atoms with Crippen molar-refractivity contribution in [3.8, 4) is 0 Å². The van der Waals surface area contributed by atoms with E-state index in [-0.39, 0.29) is 0 Å². The fraction of sp³-hybridized carbons (Fsp3) is 0.455. The highest BCUT2D eigenvalue weighted by atomic mass is 15.3. The van der Waals surface area contributed by atoms with Crippen LogP contribution in [0.3, 0.4) is 0 Å². The minimum absolute atomic E-state index is 0.691. The van der Waals surface area contributed by atoms with Crippen LogP contribution in [-0.4, -0.2) is 45.4 Å². The van der Waals surface area contributed by atoms with Crippen LogP contribution < -0.4 is 10.2 Å². The Morgan fingerprint density at radius 1 is 1.33 bits per heavy atom. The molecule has 0 aliphatic carbocycles. The van der Waals surface area contributed by atoms with Gasteiger partial charge in [0.25, 0.3) is 0 Å². The second-order valence-corrected chi connectivity index (χ2v) is 4.15. The van der Waals surface area contributed by atoms with Crippen molar-refractivity contribution in [3.63, 3.8) is 0 Å². The van der Waals surface area contributed by atoms with Gasteiger partial charge < -0.3 is 10.2 Å². The fourth-order valence-electron chi connectivity index (χ4n) is 1.46. The molecule has 2 heterocycles. The first-order valence-corrected chi connectivity index (χ1v) is 5.74. The van der Waals surface area contributed by atoms with E-state index in [0.717, 1.165) is 24.6 Å². The summed E-state index contributed by atoms with van der Waals surface area (Å²) in [7, 11) is 5.69. The van der Waals surface area contributed by atoms with Crippen LogP contribution in [0.1, 0.15) is 5.82 Å². The predicted molar refractivity (Wildman–Crippen MR) is 69.6 cm³/mol. The van der Waals surface area contributed by atoms with E-state index in [1.54, 1.807) is 17.2 Å². The zero-order valence-corrected chi connectivity index (χ0v) is 10.8. The highest BCUT2D eigenvalue weighted by Gasteiger charge is 2.02. The van der Waals surface area contributed by atoms with E-state index < -0.39 is 0 Å². The molecule has 0 unspecified atom stereocenters. The van der Waals surface area contributed by atoms with E-state index in [0.29, 0.717) is 5.95 Å². The van der Waals surface area contributed by atoms with Crippen LogP contribution in [0.4, 0.5) is 11.8 Å². The van der Waals surface area contributed by atoms with Crippen molar-refractivity contribution in [1.82, 2.24) is 24.7 Å². The molecule has 96 valence electrons. The number of rotatable bonds is 5. The molecule has 0 aliphatic rings.